The van der Waals surface area contributed by atoms with E-state index in [1.807, 2.05) is 0 Å². The van der Waals surface area contributed by atoms with Crippen LogP contribution in [-0.2, 0) is 0 Å². The van der Waals surface area contributed by atoms with Gasteiger partial charge in [-0.15, -0.1) is 0 Å². The molecule has 3 heteroatoms. The summed E-state index contributed by atoms with van der Waals surface area (Å²) < 4.78 is 2.22. The zero-order chi connectivity index (χ0) is 8.27. The first-order valence-corrected chi connectivity index (χ1v) is 5.09. The Morgan fingerprint density at radius 1 is 1.73 bits per heavy atom. The number of nitrogens with zero attached hydrogens (tertiary/aromatic N) is 1. The highest BCUT2D eigenvalue weighted by Gasteiger charge is 2.21. The van der Waals surface area contributed by atoms with Crippen molar-refractivity contribution in [3.63, 3.8) is 0 Å². The second-order valence-electron chi connectivity index (χ2n) is 3.31. The predicted octanol–water partition coefficient (Wildman–Crippen LogP) is 1.62. The molecule has 0 aromatic heterocycles. The summed E-state index contributed by atoms with van der Waals surface area (Å²) in [5, 5.41) is 3.53. The van der Waals surface area contributed by atoms with Gasteiger partial charge >= 0.3 is 0 Å². The van der Waals surface area contributed by atoms with E-state index in [-0.39, 0.29) is 0 Å². The van der Waals surface area contributed by atoms with Crippen molar-refractivity contribution in [2.45, 2.75) is 26.3 Å². The zero-order valence-corrected chi connectivity index (χ0v) is 8.89. The summed E-state index contributed by atoms with van der Waals surface area (Å²) in [6.07, 6.45) is 1.26. The van der Waals surface area contributed by atoms with E-state index in [4.69, 9.17) is 0 Å². The van der Waals surface area contributed by atoms with Gasteiger partial charge in [0, 0.05) is 41.8 Å². The van der Waals surface area contributed by atoms with E-state index in [1.165, 1.54) is 6.42 Å². The minimum atomic E-state index is 0.674. The summed E-state index contributed by atoms with van der Waals surface area (Å²) in [6.45, 7) is 7.92. The number of halogens is 1. The summed E-state index contributed by atoms with van der Waals surface area (Å²) in [4.78, 5) is 0. The van der Waals surface area contributed by atoms with E-state index >= 15 is 0 Å². The van der Waals surface area contributed by atoms with Gasteiger partial charge in [0.1, 0.15) is 0 Å². The standard InChI is InChI=1S/C8H17BrN2/c1-3-7(2)8-6-11(9)5-4-10-8/h7-8,10H,3-6H2,1-2H3/t7-,8+/m0/s1. The Kier molecular flexibility index (Phi) is 3.82. The first-order chi connectivity index (χ1) is 5.24. The second-order valence-corrected chi connectivity index (χ2v) is 4.32. The summed E-state index contributed by atoms with van der Waals surface area (Å²) in [5.41, 5.74) is 0. The predicted molar refractivity (Wildman–Crippen MR) is 51.7 cm³/mol. The molecule has 0 spiro atoms. The van der Waals surface area contributed by atoms with Crippen molar-refractivity contribution in [3.8, 4) is 0 Å². The lowest BCUT2D eigenvalue weighted by molar-refractivity contribution is 0.263. The van der Waals surface area contributed by atoms with E-state index < -0.39 is 0 Å². The first-order valence-electron chi connectivity index (χ1n) is 4.38. The average molecular weight is 221 g/mol. The topological polar surface area (TPSA) is 15.3 Å². The molecule has 0 radical (unpaired) electrons. The van der Waals surface area contributed by atoms with Gasteiger partial charge in [-0.2, -0.15) is 0 Å². The lowest BCUT2D eigenvalue weighted by Gasteiger charge is -2.32. The van der Waals surface area contributed by atoms with Crippen LogP contribution in [0, 0.1) is 5.92 Å². The minimum Gasteiger partial charge on any atom is -0.311 e. The maximum atomic E-state index is 3.53. The van der Waals surface area contributed by atoms with Gasteiger partial charge in [-0.3, -0.25) is 0 Å². The monoisotopic (exact) mass is 220 g/mol. The van der Waals surface area contributed by atoms with Gasteiger partial charge in [0.2, 0.25) is 0 Å². The van der Waals surface area contributed by atoms with Crippen LogP contribution in [0.5, 0.6) is 0 Å². The second kappa shape index (κ2) is 4.43. The molecule has 1 aliphatic heterocycles. The normalized spacial score (nSPS) is 30.3. The molecule has 0 aliphatic carbocycles. The lowest BCUT2D eigenvalue weighted by Crippen LogP contribution is -2.49. The Bertz CT molecular complexity index is 119. The summed E-state index contributed by atoms with van der Waals surface area (Å²) in [5.74, 6) is 0.787. The van der Waals surface area contributed by atoms with Crippen molar-refractivity contribution in [2.75, 3.05) is 19.6 Å². The molecule has 2 nitrogen and oxygen atoms in total. The van der Waals surface area contributed by atoms with Gasteiger partial charge in [-0.05, 0) is 5.92 Å². The highest BCUT2D eigenvalue weighted by Crippen LogP contribution is 2.13. The lowest BCUT2D eigenvalue weighted by atomic mass is 9.98. The molecule has 1 N–H and O–H groups in total. The maximum Gasteiger partial charge on any atom is 0.0250 e. The third-order valence-electron chi connectivity index (χ3n) is 2.49. The van der Waals surface area contributed by atoms with Gasteiger partial charge in [0.25, 0.3) is 0 Å². The molecule has 0 aromatic rings. The largest absolute Gasteiger partial charge is 0.311 e. The summed E-state index contributed by atoms with van der Waals surface area (Å²) >= 11 is 3.52. The maximum absolute atomic E-state index is 3.53. The van der Waals surface area contributed by atoms with Crippen LogP contribution in [0.1, 0.15) is 20.3 Å². The molecule has 0 unspecified atom stereocenters. The third-order valence-corrected chi connectivity index (χ3v) is 3.13. The zero-order valence-electron chi connectivity index (χ0n) is 7.31. The molecule has 1 heterocycles. The van der Waals surface area contributed by atoms with E-state index in [2.05, 4.69) is 39.2 Å². The van der Waals surface area contributed by atoms with E-state index in [9.17, 15) is 0 Å². The van der Waals surface area contributed by atoms with Crippen LogP contribution in [0.25, 0.3) is 0 Å². The van der Waals surface area contributed by atoms with Crippen LogP contribution < -0.4 is 5.32 Å². The third kappa shape index (κ3) is 2.73. The molecule has 1 aliphatic rings. The SMILES string of the molecule is CC[C@H](C)[C@H]1CN(Br)CCN1. The fraction of sp³-hybridized carbons (Fsp3) is 1.00. The van der Waals surface area contributed by atoms with E-state index in [1.54, 1.807) is 0 Å². The molecule has 1 fully saturated rings. The van der Waals surface area contributed by atoms with Crippen molar-refractivity contribution in [3.05, 3.63) is 0 Å². The van der Waals surface area contributed by atoms with E-state index in [0.29, 0.717) is 6.04 Å². The molecule has 1 saturated heterocycles. The number of hydrogen-bond donors (Lipinski definition) is 1. The molecule has 11 heavy (non-hydrogen) atoms. The van der Waals surface area contributed by atoms with Gasteiger partial charge in [0.15, 0.2) is 0 Å². The molecule has 0 amide bonds. The molecule has 0 saturated carbocycles. The fourth-order valence-electron chi connectivity index (χ4n) is 1.41. The molecule has 66 valence electrons. The van der Waals surface area contributed by atoms with Crippen LogP contribution in [0.3, 0.4) is 0 Å². The van der Waals surface area contributed by atoms with Crippen molar-refractivity contribution in [1.29, 1.82) is 0 Å². The Balaban J connectivity index is 2.33. The van der Waals surface area contributed by atoms with Crippen LogP contribution in [0.15, 0.2) is 0 Å². The fourth-order valence-corrected chi connectivity index (χ4v) is 1.90. The van der Waals surface area contributed by atoms with Crippen LogP contribution in [-0.4, -0.2) is 29.6 Å². The minimum absolute atomic E-state index is 0.674. The van der Waals surface area contributed by atoms with Gasteiger partial charge in [0.05, 0.1) is 0 Å². The van der Waals surface area contributed by atoms with Gasteiger partial charge < -0.3 is 5.32 Å². The highest BCUT2D eigenvalue weighted by molar-refractivity contribution is 9.07. The van der Waals surface area contributed by atoms with Gasteiger partial charge in [-0.1, -0.05) is 20.3 Å². The van der Waals surface area contributed by atoms with Crippen molar-refractivity contribution < 1.29 is 0 Å². The van der Waals surface area contributed by atoms with Crippen LogP contribution >= 0.6 is 16.1 Å². The molecular weight excluding hydrogens is 204 g/mol. The Hall–Kier alpha value is 0.400. The van der Waals surface area contributed by atoms with Crippen LogP contribution in [0.4, 0.5) is 0 Å². The Morgan fingerprint density at radius 2 is 2.45 bits per heavy atom. The van der Waals surface area contributed by atoms with Crippen molar-refractivity contribution in [2.24, 2.45) is 5.92 Å². The van der Waals surface area contributed by atoms with Crippen molar-refractivity contribution in [1.82, 2.24) is 9.24 Å². The number of hydrogen-bond acceptors (Lipinski definition) is 2. The molecule has 1 rings (SSSR count). The average Bonchev–Trinajstić information content (AvgIpc) is 2.03. The quantitative estimate of drug-likeness (QED) is 0.713. The molecule has 0 aromatic carbocycles. The smallest absolute Gasteiger partial charge is 0.0250 e. The van der Waals surface area contributed by atoms with Crippen molar-refractivity contribution >= 4 is 16.1 Å². The van der Waals surface area contributed by atoms with Crippen LogP contribution in [0.2, 0.25) is 0 Å². The molecule has 2 atom stereocenters. The van der Waals surface area contributed by atoms with E-state index in [0.717, 1.165) is 25.6 Å². The Morgan fingerprint density at radius 3 is 3.00 bits per heavy atom. The molecular formula is C8H17BrN2. The highest BCUT2D eigenvalue weighted by atomic mass is 79.9. The first kappa shape index (κ1) is 9.49. The number of piperazine rings is 1. The Labute approximate surface area is 77.7 Å². The number of nitrogens with one attached hydrogen (secondary N) is 1. The molecule has 0 bridgehead atoms. The van der Waals surface area contributed by atoms with Gasteiger partial charge in [-0.25, -0.2) is 3.93 Å². The number of rotatable bonds is 2. The summed E-state index contributed by atoms with van der Waals surface area (Å²) in [6, 6.07) is 0.674. The summed E-state index contributed by atoms with van der Waals surface area (Å²) in [7, 11) is 0.